The van der Waals surface area contributed by atoms with E-state index in [1.54, 1.807) is 0 Å². The number of likely N-dealkylation sites (tertiary alicyclic amines) is 1. The maximum absolute atomic E-state index is 13.4. The summed E-state index contributed by atoms with van der Waals surface area (Å²) in [5.74, 6) is -5.95. The molecule has 1 aliphatic carbocycles. The van der Waals surface area contributed by atoms with Gasteiger partial charge in [0.25, 0.3) is 0 Å². The number of halogens is 3. The number of hydrogen-bond donors (Lipinski definition) is 3. The second-order valence-corrected chi connectivity index (χ2v) is 8.33. The molecule has 1 unspecified atom stereocenters. The molecule has 0 spiro atoms. The van der Waals surface area contributed by atoms with E-state index in [2.05, 4.69) is 0 Å². The van der Waals surface area contributed by atoms with Crippen molar-refractivity contribution in [2.75, 3.05) is 26.2 Å². The van der Waals surface area contributed by atoms with Crippen molar-refractivity contribution in [3.05, 3.63) is 59.7 Å². The first kappa shape index (κ1) is 23.6. The molecule has 2 aromatic rings. The zero-order valence-electron chi connectivity index (χ0n) is 17.7. The number of carbonyl (C=O) groups is 3. The molecule has 2 aromatic carbocycles. The van der Waals surface area contributed by atoms with Crippen molar-refractivity contribution in [2.24, 2.45) is 5.92 Å². The highest BCUT2D eigenvalue weighted by molar-refractivity contribution is 5.87. The number of nitrogens with one attached hydrogen (secondary N) is 1. The third-order valence-corrected chi connectivity index (χ3v) is 6.10. The van der Waals surface area contributed by atoms with E-state index in [1.165, 1.54) is 0 Å². The van der Waals surface area contributed by atoms with Gasteiger partial charge in [0.1, 0.15) is 6.61 Å². The van der Waals surface area contributed by atoms with Crippen LogP contribution in [0.3, 0.4) is 0 Å². The fourth-order valence-corrected chi connectivity index (χ4v) is 4.27. The molecule has 0 saturated carbocycles. The van der Waals surface area contributed by atoms with Crippen molar-refractivity contribution in [2.45, 2.75) is 17.7 Å². The van der Waals surface area contributed by atoms with Crippen LogP contribution in [0, 0.1) is 5.92 Å². The third kappa shape index (κ3) is 4.30. The van der Waals surface area contributed by atoms with E-state index in [1.807, 2.05) is 53.8 Å². The first-order valence-electron chi connectivity index (χ1n) is 10.4. The summed E-state index contributed by atoms with van der Waals surface area (Å²) < 4.78 is 45.5. The molecule has 34 heavy (non-hydrogen) atoms. The molecule has 8 nitrogen and oxygen atoms in total. The SMILES string of the molecule is O=C(NCC(C(=O)N1CC(O)(C(=O)O)C1)C(F)(F)F)OCC1c2ccccc2-c2ccccc21. The van der Waals surface area contributed by atoms with Gasteiger partial charge < -0.3 is 25.2 Å². The number of β-amino-alcohol motifs (C(OH)–C–C–N with tert-alkyl or cyclic N) is 1. The number of amides is 2. The van der Waals surface area contributed by atoms with Crippen LogP contribution in [0.5, 0.6) is 0 Å². The average Bonchev–Trinajstić information content (AvgIpc) is 3.08. The highest BCUT2D eigenvalue weighted by Crippen LogP contribution is 2.44. The molecular weight excluding hydrogens is 457 g/mol. The number of nitrogens with zero attached hydrogens (tertiary/aromatic N) is 1. The number of aliphatic carboxylic acids is 1. The Morgan fingerprint density at radius 2 is 1.59 bits per heavy atom. The molecule has 1 heterocycles. The molecule has 0 aromatic heterocycles. The van der Waals surface area contributed by atoms with Crippen LogP contribution >= 0.6 is 0 Å². The van der Waals surface area contributed by atoms with Crippen LogP contribution in [0.15, 0.2) is 48.5 Å². The van der Waals surface area contributed by atoms with E-state index in [0.717, 1.165) is 22.3 Å². The quantitative estimate of drug-likeness (QED) is 0.587. The first-order valence-corrected chi connectivity index (χ1v) is 10.4. The summed E-state index contributed by atoms with van der Waals surface area (Å²) in [4.78, 5) is 35.9. The van der Waals surface area contributed by atoms with Gasteiger partial charge in [-0.3, -0.25) is 4.79 Å². The molecule has 1 aliphatic heterocycles. The van der Waals surface area contributed by atoms with E-state index >= 15 is 0 Å². The number of fused-ring (bicyclic) bond motifs is 3. The average molecular weight is 478 g/mol. The Morgan fingerprint density at radius 1 is 1.06 bits per heavy atom. The number of carboxylic acid groups (broad SMARTS) is 1. The van der Waals surface area contributed by atoms with Crippen LogP contribution < -0.4 is 5.32 Å². The van der Waals surface area contributed by atoms with E-state index in [4.69, 9.17) is 9.84 Å². The molecule has 2 aliphatic rings. The second kappa shape index (κ2) is 8.64. The van der Waals surface area contributed by atoms with E-state index in [0.29, 0.717) is 4.90 Å². The van der Waals surface area contributed by atoms with Gasteiger partial charge in [0, 0.05) is 12.5 Å². The lowest BCUT2D eigenvalue weighted by Gasteiger charge is -2.44. The Hall–Kier alpha value is -3.60. The lowest BCUT2D eigenvalue weighted by molar-refractivity contribution is -0.203. The van der Waals surface area contributed by atoms with Gasteiger partial charge in [-0.2, -0.15) is 13.2 Å². The van der Waals surface area contributed by atoms with Crippen LogP contribution in [-0.2, 0) is 14.3 Å². The number of ether oxygens (including phenoxy) is 1. The predicted molar refractivity (Wildman–Crippen MR) is 112 cm³/mol. The second-order valence-electron chi connectivity index (χ2n) is 8.33. The highest BCUT2D eigenvalue weighted by atomic mass is 19.4. The zero-order valence-corrected chi connectivity index (χ0v) is 17.7. The minimum atomic E-state index is -5.00. The minimum Gasteiger partial charge on any atom is -0.479 e. The number of carboxylic acids is 1. The third-order valence-electron chi connectivity index (χ3n) is 6.10. The molecule has 1 atom stereocenters. The smallest absolute Gasteiger partial charge is 0.407 e. The van der Waals surface area contributed by atoms with Crippen LogP contribution in [-0.4, -0.2) is 71.1 Å². The Labute approximate surface area is 191 Å². The number of hydrogen-bond acceptors (Lipinski definition) is 5. The molecule has 2 amide bonds. The normalized spacial score (nSPS) is 17.2. The van der Waals surface area contributed by atoms with Crippen molar-refractivity contribution in [1.82, 2.24) is 10.2 Å². The molecule has 180 valence electrons. The Balaban J connectivity index is 1.36. The van der Waals surface area contributed by atoms with E-state index in [9.17, 15) is 32.7 Å². The van der Waals surface area contributed by atoms with Gasteiger partial charge in [-0.25, -0.2) is 9.59 Å². The Kier molecular flexibility index (Phi) is 5.98. The van der Waals surface area contributed by atoms with Gasteiger partial charge in [-0.05, 0) is 22.3 Å². The fourth-order valence-electron chi connectivity index (χ4n) is 4.27. The monoisotopic (exact) mass is 478 g/mol. The van der Waals surface area contributed by atoms with Crippen LogP contribution in [0.1, 0.15) is 17.0 Å². The summed E-state index contributed by atoms with van der Waals surface area (Å²) >= 11 is 0. The van der Waals surface area contributed by atoms with Crippen LogP contribution in [0.4, 0.5) is 18.0 Å². The molecule has 11 heteroatoms. The van der Waals surface area contributed by atoms with Crippen molar-refractivity contribution in [1.29, 1.82) is 0 Å². The Bertz CT molecular complexity index is 1080. The van der Waals surface area contributed by atoms with E-state index in [-0.39, 0.29) is 12.5 Å². The van der Waals surface area contributed by atoms with Crippen LogP contribution in [0.2, 0.25) is 0 Å². The number of benzene rings is 2. The Morgan fingerprint density at radius 3 is 2.09 bits per heavy atom. The number of aliphatic hydroxyl groups is 1. The molecule has 0 bridgehead atoms. The van der Waals surface area contributed by atoms with Gasteiger partial charge in [0.05, 0.1) is 13.1 Å². The molecule has 3 N–H and O–H groups in total. The molecule has 0 radical (unpaired) electrons. The predicted octanol–water partition coefficient (Wildman–Crippen LogP) is 2.36. The van der Waals surface area contributed by atoms with E-state index < -0.39 is 55.3 Å². The molecule has 1 fully saturated rings. The van der Waals surface area contributed by atoms with Crippen molar-refractivity contribution in [3.63, 3.8) is 0 Å². The summed E-state index contributed by atoms with van der Waals surface area (Å²) in [6.45, 7) is -2.72. The van der Waals surface area contributed by atoms with Gasteiger partial charge in [-0.15, -0.1) is 0 Å². The summed E-state index contributed by atoms with van der Waals surface area (Å²) in [5, 5.41) is 20.5. The zero-order chi connectivity index (χ0) is 24.7. The topological polar surface area (TPSA) is 116 Å². The molecular formula is C23H21F3N2O6. The highest BCUT2D eigenvalue weighted by Gasteiger charge is 2.55. The molecule has 1 saturated heterocycles. The maximum Gasteiger partial charge on any atom is 0.407 e. The standard InChI is InChI=1S/C23H21F3N2O6/c24-23(25,26)18(19(29)28-11-22(33,12-28)20(30)31)9-27-21(32)34-10-17-15-7-3-1-5-13(15)14-6-2-4-8-16(14)17/h1-8,17-18,33H,9-12H2,(H,27,32)(H,30,31). The first-order chi connectivity index (χ1) is 16.0. The lowest BCUT2D eigenvalue weighted by Crippen LogP contribution is -2.69. The fraction of sp³-hybridized carbons (Fsp3) is 0.348. The van der Waals surface area contributed by atoms with Crippen LogP contribution in [0.25, 0.3) is 11.1 Å². The van der Waals surface area contributed by atoms with Crippen molar-refractivity contribution in [3.8, 4) is 11.1 Å². The van der Waals surface area contributed by atoms with Gasteiger partial charge >= 0.3 is 18.2 Å². The number of carbonyl (C=O) groups excluding carboxylic acids is 2. The van der Waals surface area contributed by atoms with Gasteiger partial charge in [-0.1, -0.05) is 48.5 Å². The number of rotatable bonds is 6. The maximum atomic E-state index is 13.4. The molecule has 4 rings (SSSR count). The summed E-state index contributed by atoms with van der Waals surface area (Å²) in [6.07, 6.45) is -6.11. The number of alkyl halides is 3. The van der Waals surface area contributed by atoms with Gasteiger partial charge in [0.2, 0.25) is 5.91 Å². The van der Waals surface area contributed by atoms with Crippen molar-refractivity contribution < 1.29 is 42.5 Å². The lowest BCUT2D eigenvalue weighted by atomic mass is 9.92. The number of alkyl carbamates (subject to hydrolysis) is 1. The summed E-state index contributed by atoms with van der Waals surface area (Å²) in [6, 6.07) is 15.1. The summed E-state index contributed by atoms with van der Waals surface area (Å²) in [5.41, 5.74) is 1.58. The van der Waals surface area contributed by atoms with Crippen molar-refractivity contribution >= 4 is 18.0 Å². The minimum absolute atomic E-state index is 0.109. The summed E-state index contributed by atoms with van der Waals surface area (Å²) in [7, 11) is 0. The van der Waals surface area contributed by atoms with Gasteiger partial charge in [0.15, 0.2) is 11.5 Å². The largest absolute Gasteiger partial charge is 0.479 e.